The number of carbonyl (C=O) groups excluding carboxylic acids is 2. The lowest BCUT2D eigenvalue weighted by Crippen LogP contribution is -2.61. The second-order valence-corrected chi connectivity index (χ2v) is 7.01. The second kappa shape index (κ2) is 8.99. The normalized spacial score (nSPS) is 19.4. The Morgan fingerprint density at radius 3 is 2.61 bits per heavy atom. The molecule has 148 valence electrons. The van der Waals surface area contributed by atoms with Gasteiger partial charge in [0.25, 0.3) is 5.91 Å². The molecule has 0 spiro atoms. The first-order valence-electron chi connectivity index (χ1n) is 9.39. The van der Waals surface area contributed by atoms with Crippen molar-refractivity contribution in [2.24, 2.45) is 5.73 Å². The summed E-state index contributed by atoms with van der Waals surface area (Å²) in [6, 6.07) is 18.0. The number of morpholine rings is 1. The van der Waals surface area contributed by atoms with E-state index >= 15 is 0 Å². The molecule has 1 unspecified atom stereocenters. The van der Waals surface area contributed by atoms with Crippen LogP contribution in [0.25, 0.3) is 11.1 Å². The van der Waals surface area contributed by atoms with Gasteiger partial charge in [-0.05, 0) is 16.7 Å². The van der Waals surface area contributed by atoms with E-state index < -0.39 is 11.5 Å². The maximum absolute atomic E-state index is 12.4. The molecule has 1 aliphatic rings. The molecule has 2 aromatic rings. The fourth-order valence-corrected chi connectivity index (χ4v) is 3.51. The molecule has 2 amide bonds. The summed E-state index contributed by atoms with van der Waals surface area (Å²) in [7, 11) is 1.56. The molecular weight excluding hydrogens is 356 g/mol. The molecule has 0 aliphatic carbocycles. The zero-order valence-electron chi connectivity index (χ0n) is 16.1. The van der Waals surface area contributed by atoms with Gasteiger partial charge in [-0.2, -0.15) is 0 Å². The molecule has 1 saturated heterocycles. The highest BCUT2D eigenvalue weighted by Gasteiger charge is 2.43. The molecule has 0 bridgehead atoms. The van der Waals surface area contributed by atoms with Crippen LogP contribution in [0.4, 0.5) is 0 Å². The average Bonchev–Trinajstić information content (AvgIpc) is 2.73. The zero-order chi connectivity index (χ0) is 20.0. The summed E-state index contributed by atoms with van der Waals surface area (Å²) in [6.07, 6.45) is 0.589. The Kier molecular flexibility index (Phi) is 6.44. The number of methoxy groups -OCH3 is 1. The summed E-state index contributed by atoms with van der Waals surface area (Å²) >= 11 is 0. The predicted molar refractivity (Wildman–Crippen MR) is 107 cm³/mol. The molecule has 28 heavy (non-hydrogen) atoms. The monoisotopic (exact) mass is 382 g/mol. The van der Waals surface area contributed by atoms with Crippen LogP contribution in [-0.4, -0.2) is 55.7 Å². The molecule has 0 saturated carbocycles. The molecule has 3 rings (SSSR count). The lowest BCUT2D eigenvalue weighted by Gasteiger charge is -2.40. The quantitative estimate of drug-likeness (QED) is 0.794. The smallest absolute Gasteiger partial charge is 0.251 e. The fraction of sp³-hybridized carbons (Fsp3) is 0.364. The number of nitrogens with two attached hydrogens (primary N) is 1. The number of rotatable bonds is 7. The van der Waals surface area contributed by atoms with Gasteiger partial charge < -0.3 is 20.1 Å². The van der Waals surface area contributed by atoms with Crippen molar-refractivity contribution in [2.45, 2.75) is 18.4 Å². The molecule has 6 nitrogen and oxygen atoms in total. The first-order chi connectivity index (χ1) is 13.5. The van der Waals surface area contributed by atoms with Crippen LogP contribution in [0.15, 0.2) is 54.6 Å². The minimum Gasteiger partial charge on any atom is -0.384 e. The highest BCUT2D eigenvalue weighted by molar-refractivity contribution is 5.86. The van der Waals surface area contributed by atoms with Crippen molar-refractivity contribution in [1.82, 2.24) is 4.90 Å². The molecule has 6 heteroatoms. The van der Waals surface area contributed by atoms with E-state index in [1.165, 1.54) is 0 Å². The summed E-state index contributed by atoms with van der Waals surface area (Å²) in [6.45, 7) is 1.22. The van der Waals surface area contributed by atoms with E-state index in [1.807, 2.05) is 54.6 Å². The molecule has 1 aliphatic heterocycles. The van der Waals surface area contributed by atoms with Crippen LogP contribution < -0.4 is 5.73 Å². The van der Waals surface area contributed by atoms with Crippen molar-refractivity contribution in [3.63, 3.8) is 0 Å². The van der Waals surface area contributed by atoms with Crippen molar-refractivity contribution in [1.29, 1.82) is 0 Å². The Balaban J connectivity index is 1.81. The SMILES string of the molecule is COCCC(=O)N1CCOC(Cc2cccc(-c3ccccc3)c2)(C(N)=O)C1. The van der Waals surface area contributed by atoms with Crippen molar-refractivity contribution in [3.8, 4) is 11.1 Å². The number of carbonyl (C=O) groups is 2. The predicted octanol–water partition coefficient (Wildman–Crippen LogP) is 2.02. The second-order valence-electron chi connectivity index (χ2n) is 7.01. The van der Waals surface area contributed by atoms with Gasteiger partial charge in [-0.3, -0.25) is 9.59 Å². The van der Waals surface area contributed by atoms with Crippen molar-refractivity contribution < 1.29 is 19.1 Å². The van der Waals surface area contributed by atoms with Gasteiger partial charge in [0, 0.05) is 20.1 Å². The first kappa shape index (κ1) is 20.0. The number of nitrogens with zero attached hydrogens (tertiary/aromatic N) is 1. The molecule has 1 fully saturated rings. The summed E-state index contributed by atoms with van der Waals surface area (Å²) in [5.41, 5.74) is 7.60. The molecule has 0 radical (unpaired) electrons. The van der Waals surface area contributed by atoms with E-state index in [0.717, 1.165) is 16.7 Å². The molecule has 1 heterocycles. The average molecular weight is 382 g/mol. The Morgan fingerprint density at radius 1 is 1.14 bits per heavy atom. The van der Waals surface area contributed by atoms with E-state index in [2.05, 4.69) is 0 Å². The summed E-state index contributed by atoms with van der Waals surface area (Å²) in [5, 5.41) is 0. The maximum Gasteiger partial charge on any atom is 0.251 e. The van der Waals surface area contributed by atoms with Crippen LogP contribution in [0.3, 0.4) is 0 Å². The Hall–Kier alpha value is -2.70. The Bertz CT molecular complexity index is 824. The number of benzene rings is 2. The van der Waals surface area contributed by atoms with Gasteiger partial charge in [0.1, 0.15) is 0 Å². The summed E-state index contributed by atoms with van der Waals surface area (Å²) < 4.78 is 10.8. The molecule has 1 atom stereocenters. The van der Waals surface area contributed by atoms with Crippen molar-refractivity contribution in [3.05, 3.63) is 60.2 Å². The third kappa shape index (κ3) is 4.58. The molecular formula is C22H26N2O4. The molecule has 0 aromatic heterocycles. The van der Waals surface area contributed by atoms with Crippen LogP contribution >= 0.6 is 0 Å². The lowest BCUT2D eigenvalue weighted by atomic mass is 9.90. The molecule has 2 aromatic carbocycles. The lowest BCUT2D eigenvalue weighted by molar-refractivity contribution is -0.163. The van der Waals surface area contributed by atoms with Crippen LogP contribution in [0.2, 0.25) is 0 Å². The molecule has 2 N–H and O–H groups in total. The highest BCUT2D eigenvalue weighted by atomic mass is 16.5. The number of amides is 2. The van der Waals surface area contributed by atoms with Crippen LogP contribution in [0.5, 0.6) is 0 Å². The standard InChI is InChI=1S/C22H26N2O4/c1-27-12-10-20(25)24-11-13-28-22(16-24,21(23)26)15-17-6-5-9-19(14-17)18-7-3-2-4-8-18/h2-9,14H,10-13,15-16H2,1H3,(H2,23,26). The van der Waals surface area contributed by atoms with Crippen LogP contribution in [0.1, 0.15) is 12.0 Å². The Labute approximate surface area is 165 Å². The van der Waals surface area contributed by atoms with Gasteiger partial charge in [0.15, 0.2) is 5.60 Å². The van der Waals surface area contributed by atoms with E-state index in [4.69, 9.17) is 15.2 Å². The van der Waals surface area contributed by atoms with Gasteiger partial charge in [-0.1, -0.05) is 54.6 Å². The minimum absolute atomic E-state index is 0.0613. The van der Waals surface area contributed by atoms with E-state index in [0.29, 0.717) is 19.6 Å². The summed E-state index contributed by atoms with van der Waals surface area (Å²) in [4.78, 5) is 26.4. The fourth-order valence-electron chi connectivity index (χ4n) is 3.51. The maximum atomic E-state index is 12.4. The third-order valence-corrected chi connectivity index (χ3v) is 5.03. The van der Waals surface area contributed by atoms with E-state index in [-0.39, 0.29) is 25.5 Å². The number of hydrogen-bond donors (Lipinski definition) is 1. The van der Waals surface area contributed by atoms with Gasteiger partial charge in [-0.25, -0.2) is 0 Å². The van der Waals surface area contributed by atoms with Crippen molar-refractivity contribution in [2.75, 3.05) is 33.4 Å². The van der Waals surface area contributed by atoms with Gasteiger partial charge in [0.05, 0.1) is 26.2 Å². The van der Waals surface area contributed by atoms with Gasteiger partial charge in [-0.15, -0.1) is 0 Å². The van der Waals surface area contributed by atoms with Crippen molar-refractivity contribution >= 4 is 11.8 Å². The largest absolute Gasteiger partial charge is 0.384 e. The van der Waals surface area contributed by atoms with Gasteiger partial charge >= 0.3 is 0 Å². The van der Waals surface area contributed by atoms with E-state index in [9.17, 15) is 9.59 Å². The highest BCUT2D eigenvalue weighted by Crippen LogP contribution is 2.27. The number of hydrogen-bond acceptors (Lipinski definition) is 4. The van der Waals surface area contributed by atoms with E-state index in [1.54, 1.807) is 12.0 Å². The number of primary amides is 1. The zero-order valence-corrected chi connectivity index (χ0v) is 16.1. The topological polar surface area (TPSA) is 81.9 Å². The Morgan fingerprint density at radius 2 is 1.89 bits per heavy atom. The van der Waals surface area contributed by atoms with Gasteiger partial charge in [0.2, 0.25) is 5.91 Å². The summed E-state index contributed by atoms with van der Waals surface area (Å²) in [5.74, 6) is -0.615. The third-order valence-electron chi connectivity index (χ3n) is 5.03. The van der Waals surface area contributed by atoms with Crippen LogP contribution in [-0.2, 0) is 25.5 Å². The first-order valence-corrected chi connectivity index (χ1v) is 9.39. The number of ether oxygens (including phenoxy) is 2. The minimum atomic E-state index is -1.23. The van der Waals surface area contributed by atoms with Crippen LogP contribution in [0, 0.1) is 0 Å².